The Morgan fingerprint density at radius 3 is 2.45 bits per heavy atom. The molecule has 0 atom stereocenters. The van der Waals surface area contributed by atoms with Crippen molar-refractivity contribution in [1.82, 2.24) is 10.7 Å². The van der Waals surface area contributed by atoms with Gasteiger partial charge in [-0.1, -0.05) is 51.1 Å². The molecule has 2 aromatic rings. The molecule has 0 aliphatic heterocycles. The van der Waals surface area contributed by atoms with E-state index in [1.165, 1.54) is 5.56 Å². The first-order valence-corrected chi connectivity index (χ1v) is 9.94. The van der Waals surface area contributed by atoms with E-state index in [1.54, 1.807) is 12.3 Å². The van der Waals surface area contributed by atoms with Crippen LogP contribution in [0.2, 0.25) is 0 Å². The molecule has 5 nitrogen and oxygen atoms in total. The standard InChI is InChI=1S/C23H29N3O2S/c1-5-14-24-22(29)26-25-17-18-8-6-7-9-21(18)28-16-15-27-20-12-10-19(11-13-20)23(2,3)4/h5-13,17H,1,14-16H2,2-4H3,(H2,24,26,29)/b25-17+. The van der Waals surface area contributed by atoms with Crippen LogP contribution in [0, 0.1) is 0 Å². The highest BCUT2D eigenvalue weighted by molar-refractivity contribution is 7.80. The Hall–Kier alpha value is -2.86. The van der Waals surface area contributed by atoms with Crippen molar-refractivity contribution < 1.29 is 9.47 Å². The smallest absolute Gasteiger partial charge is 0.187 e. The van der Waals surface area contributed by atoms with E-state index in [0.29, 0.717) is 24.9 Å². The Labute approximate surface area is 178 Å². The number of hydrogen-bond acceptors (Lipinski definition) is 4. The molecule has 0 saturated heterocycles. The highest BCUT2D eigenvalue weighted by atomic mass is 32.1. The van der Waals surface area contributed by atoms with Gasteiger partial charge in [-0.3, -0.25) is 5.43 Å². The third-order valence-electron chi connectivity index (χ3n) is 4.03. The van der Waals surface area contributed by atoms with Crippen LogP contribution in [0.1, 0.15) is 31.9 Å². The fourth-order valence-corrected chi connectivity index (χ4v) is 2.58. The maximum atomic E-state index is 5.85. The third kappa shape index (κ3) is 7.95. The minimum Gasteiger partial charge on any atom is -0.490 e. The van der Waals surface area contributed by atoms with Crippen molar-refractivity contribution in [3.8, 4) is 11.5 Å². The Morgan fingerprint density at radius 2 is 1.76 bits per heavy atom. The monoisotopic (exact) mass is 411 g/mol. The molecule has 154 valence electrons. The summed E-state index contributed by atoms with van der Waals surface area (Å²) in [6, 6.07) is 15.9. The lowest BCUT2D eigenvalue weighted by Gasteiger charge is -2.19. The van der Waals surface area contributed by atoms with Crippen molar-refractivity contribution >= 4 is 23.5 Å². The van der Waals surface area contributed by atoms with Crippen LogP contribution in [0.4, 0.5) is 0 Å². The average Bonchev–Trinajstić information content (AvgIpc) is 2.70. The van der Waals surface area contributed by atoms with E-state index < -0.39 is 0 Å². The number of rotatable bonds is 9. The molecule has 2 aromatic carbocycles. The van der Waals surface area contributed by atoms with Gasteiger partial charge in [0.2, 0.25) is 0 Å². The molecule has 0 spiro atoms. The SMILES string of the molecule is C=CCNC(=S)N/N=C/c1ccccc1OCCOc1ccc(C(C)(C)C)cc1. The summed E-state index contributed by atoms with van der Waals surface area (Å²) in [5, 5.41) is 7.51. The lowest BCUT2D eigenvalue weighted by atomic mass is 9.87. The van der Waals surface area contributed by atoms with Crippen molar-refractivity contribution in [2.24, 2.45) is 5.10 Å². The predicted octanol–water partition coefficient (Wildman–Crippen LogP) is 4.43. The van der Waals surface area contributed by atoms with Gasteiger partial charge in [0, 0.05) is 12.1 Å². The molecule has 0 bridgehead atoms. The summed E-state index contributed by atoms with van der Waals surface area (Å²) in [6.07, 6.45) is 3.39. The van der Waals surface area contributed by atoms with Gasteiger partial charge in [0.05, 0.1) is 6.21 Å². The molecule has 29 heavy (non-hydrogen) atoms. The van der Waals surface area contributed by atoms with Gasteiger partial charge in [0.15, 0.2) is 5.11 Å². The second-order valence-electron chi connectivity index (χ2n) is 7.38. The van der Waals surface area contributed by atoms with E-state index >= 15 is 0 Å². The number of nitrogens with one attached hydrogen (secondary N) is 2. The lowest BCUT2D eigenvalue weighted by molar-refractivity contribution is 0.217. The molecule has 0 aliphatic carbocycles. The van der Waals surface area contributed by atoms with Crippen molar-refractivity contribution in [3.63, 3.8) is 0 Å². The molecule has 2 rings (SSSR count). The molecule has 0 aliphatic rings. The van der Waals surface area contributed by atoms with Crippen LogP contribution >= 0.6 is 12.2 Å². The first kappa shape index (κ1) is 22.4. The largest absolute Gasteiger partial charge is 0.490 e. The zero-order chi connectivity index (χ0) is 21.1. The van der Waals surface area contributed by atoms with Crippen LogP contribution in [0.25, 0.3) is 0 Å². The van der Waals surface area contributed by atoms with Crippen LogP contribution in [0.15, 0.2) is 66.3 Å². The van der Waals surface area contributed by atoms with Crippen LogP contribution in [0.5, 0.6) is 11.5 Å². The summed E-state index contributed by atoms with van der Waals surface area (Å²) >= 11 is 5.10. The van der Waals surface area contributed by atoms with Gasteiger partial charge < -0.3 is 14.8 Å². The number of ether oxygens (including phenoxy) is 2. The van der Waals surface area contributed by atoms with Gasteiger partial charge in [0.1, 0.15) is 24.7 Å². The van der Waals surface area contributed by atoms with E-state index in [-0.39, 0.29) is 5.41 Å². The summed E-state index contributed by atoms with van der Waals surface area (Å²) in [5.41, 5.74) is 5.02. The zero-order valence-corrected chi connectivity index (χ0v) is 18.1. The van der Waals surface area contributed by atoms with E-state index in [1.807, 2.05) is 36.4 Å². The lowest BCUT2D eigenvalue weighted by Crippen LogP contribution is -2.31. The second kappa shape index (κ2) is 11.2. The van der Waals surface area contributed by atoms with Gasteiger partial charge in [-0.05, 0) is 47.5 Å². The van der Waals surface area contributed by atoms with Gasteiger partial charge >= 0.3 is 0 Å². The topological polar surface area (TPSA) is 54.9 Å². The number of nitrogens with zero attached hydrogens (tertiary/aromatic N) is 1. The molecule has 0 amide bonds. The van der Waals surface area contributed by atoms with E-state index in [2.05, 4.69) is 55.3 Å². The molecule has 2 N–H and O–H groups in total. The van der Waals surface area contributed by atoms with Gasteiger partial charge in [-0.2, -0.15) is 5.10 Å². The van der Waals surface area contributed by atoms with E-state index in [0.717, 1.165) is 17.1 Å². The maximum absolute atomic E-state index is 5.85. The van der Waals surface area contributed by atoms with Crippen LogP contribution < -0.4 is 20.2 Å². The molecule has 0 fully saturated rings. The first-order valence-electron chi connectivity index (χ1n) is 9.53. The number of hydrogen-bond donors (Lipinski definition) is 2. The van der Waals surface area contributed by atoms with Crippen LogP contribution in [-0.4, -0.2) is 31.1 Å². The van der Waals surface area contributed by atoms with Gasteiger partial charge in [0.25, 0.3) is 0 Å². The zero-order valence-electron chi connectivity index (χ0n) is 17.3. The minimum atomic E-state index is 0.132. The van der Waals surface area contributed by atoms with Crippen LogP contribution in [-0.2, 0) is 5.41 Å². The Balaban J connectivity index is 1.82. The number of thiocarbonyl (C=S) groups is 1. The van der Waals surface area contributed by atoms with Crippen molar-refractivity contribution in [3.05, 3.63) is 72.3 Å². The molecule has 0 radical (unpaired) electrons. The van der Waals surface area contributed by atoms with Crippen molar-refractivity contribution in [2.45, 2.75) is 26.2 Å². The minimum absolute atomic E-state index is 0.132. The number of benzene rings is 2. The summed E-state index contributed by atoms with van der Waals surface area (Å²) in [5.74, 6) is 1.57. The Morgan fingerprint density at radius 1 is 1.07 bits per heavy atom. The summed E-state index contributed by atoms with van der Waals surface area (Å²) in [7, 11) is 0. The number of hydrazone groups is 1. The fraction of sp³-hybridized carbons (Fsp3) is 0.304. The van der Waals surface area contributed by atoms with Crippen LogP contribution in [0.3, 0.4) is 0 Å². The molecule has 0 unspecified atom stereocenters. The number of para-hydroxylation sites is 1. The average molecular weight is 412 g/mol. The Bertz CT molecular complexity index is 827. The quantitative estimate of drug-likeness (QED) is 0.210. The summed E-state index contributed by atoms with van der Waals surface area (Å²) < 4.78 is 11.6. The van der Waals surface area contributed by atoms with Crippen molar-refractivity contribution in [1.29, 1.82) is 0 Å². The maximum Gasteiger partial charge on any atom is 0.187 e. The molecular formula is C23H29N3O2S. The van der Waals surface area contributed by atoms with Gasteiger partial charge in [-0.25, -0.2) is 0 Å². The molecule has 6 heteroatoms. The third-order valence-corrected chi connectivity index (χ3v) is 4.26. The highest BCUT2D eigenvalue weighted by Gasteiger charge is 2.12. The summed E-state index contributed by atoms with van der Waals surface area (Å²) in [6.45, 7) is 11.7. The van der Waals surface area contributed by atoms with E-state index in [4.69, 9.17) is 21.7 Å². The second-order valence-corrected chi connectivity index (χ2v) is 7.79. The molecular weight excluding hydrogens is 382 g/mol. The molecule has 0 saturated carbocycles. The molecule has 0 heterocycles. The highest BCUT2D eigenvalue weighted by Crippen LogP contribution is 2.24. The normalized spacial score (nSPS) is 11.1. The predicted molar refractivity (Wildman–Crippen MR) is 124 cm³/mol. The van der Waals surface area contributed by atoms with Crippen molar-refractivity contribution in [2.75, 3.05) is 19.8 Å². The molecule has 0 aromatic heterocycles. The fourth-order valence-electron chi connectivity index (χ4n) is 2.45. The Kier molecular flexibility index (Phi) is 8.68. The summed E-state index contributed by atoms with van der Waals surface area (Å²) in [4.78, 5) is 0. The van der Waals surface area contributed by atoms with Gasteiger partial charge in [-0.15, -0.1) is 6.58 Å². The van der Waals surface area contributed by atoms with E-state index in [9.17, 15) is 0 Å². The first-order chi connectivity index (χ1) is 13.9.